The van der Waals surface area contributed by atoms with Crippen LogP contribution in [-0.2, 0) is 0 Å². The van der Waals surface area contributed by atoms with E-state index in [4.69, 9.17) is 47.0 Å². The predicted molar refractivity (Wildman–Crippen MR) is 127 cm³/mol. The number of hydrogen-bond acceptors (Lipinski definition) is 3. The van der Waals surface area contributed by atoms with E-state index in [1.807, 2.05) is 53.4 Å². The Balaban J connectivity index is 2.19. The lowest BCUT2D eigenvalue weighted by molar-refractivity contribution is 0.905. The molecule has 8 heteroatoms. The number of nitrogens with zero attached hydrogens (tertiary/aromatic N) is 2. The van der Waals surface area contributed by atoms with Crippen LogP contribution in [0.25, 0.3) is 11.1 Å². The SMILES string of the molecule is CCCN(C(N)=S)c1ccc(-c2ccc(N(CCC(=N)N)C(N)=S)cc2)cc1. The van der Waals surface area contributed by atoms with Crippen molar-refractivity contribution in [2.45, 2.75) is 19.8 Å². The fourth-order valence-electron chi connectivity index (χ4n) is 2.86. The van der Waals surface area contributed by atoms with Crippen LogP contribution in [-0.4, -0.2) is 29.2 Å². The van der Waals surface area contributed by atoms with E-state index in [-0.39, 0.29) is 10.9 Å². The molecule has 2 aromatic rings. The van der Waals surface area contributed by atoms with E-state index in [1.54, 1.807) is 4.90 Å². The maximum Gasteiger partial charge on any atom is 0.170 e. The van der Waals surface area contributed by atoms with Crippen LogP contribution in [0.2, 0.25) is 0 Å². The minimum Gasteiger partial charge on any atom is -0.388 e. The summed E-state index contributed by atoms with van der Waals surface area (Å²) in [6.07, 6.45) is 1.36. The molecule has 0 atom stereocenters. The Morgan fingerprint density at radius 3 is 1.50 bits per heavy atom. The van der Waals surface area contributed by atoms with E-state index in [1.165, 1.54) is 0 Å². The molecule has 2 rings (SSSR count). The lowest BCUT2D eigenvalue weighted by atomic mass is 10.0. The van der Waals surface area contributed by atoms with E-state index >= 15 is 0 Å². The highest BCUT2D eigenvalue weighted by Gasteiger charge is 2.11. The summed E-state index contributed by atoms with van der Waals surface area (Å²) in [5.41, 5.74) is 21.1. The van der Waals surface area contributed by atoms with E-state index in [0.29, 0.717) is 18.1 Å². The third-order valence-electron chi connectivity index (χ3n) is 4.28. The van der Waals surface area contributed by atoms with Gasteiger partial charge in [-0.25, -0.2) is 0 Å². The Labute approximate surface area is 176 Å². The van der Waals surface area contributed by atoms with E-state index in [2.05, 4.69) is 6.92 Å². The van der Waals surface area contributed by atoms with Crippen LogP contribution in [0.15, 0.2) is 48.5 Å². The quantitative estimate of drug-likeness (QED) is 0.298. The van der Waals surface area contributed by atoms with Crippen LogP contribution in [0.1, 0.15) is 19.8 Å². The molecule has 0 heterocycles. The molecule has 2 aromatic carbocycles. The molecular formula is C20H26N6S2. The molecule has 28 heavy (non-hydrogen) atoms. The van der Waals surface area contributed by atoms with Gasteiger partial charge in [-0.3, -0.25) is 5.41 Å². The van der Waals surface area contributed by atoms with Crippen LogP contribution in [0, 0.1) is 5.41 Å². The second-order valence-corrected chi connectivity index (χ2v) is 7.19. The molecule has 0 aromatic heterocycles. The highest BCUT2D eigenvalue weighted by molar-refractivity contribution is 7.80. The van der Waals surface area contributed by atoms with Crippen LogP contribution in [0.5, 0.6) is 0 Å². The molecule has 0 amide bonds. The number of nitrogens with two attached hydrogens (primary N) is 3. The van der Waals surface area contributed by atoms with Crippen molar-refractivity contribution in [3.8, 4) is 11.1 Å². The summed E-state index contributed by atoms with van der Waals surface area (Å²) >= 11 is 10.3. The molecule has 0 bridgehead atoms. The van der Waals surface area contributed by atoms with Crippen LogP contribution in [0.3, 0.4) is 0 Å². The minimum atomic E-state index is 0.104. The monoisotopic (exact) mass is 414 g/mol. The molecule has 0 aliphatic carbocycles. The van der Waals surface area contributed by atoms with Crippen molar-refractivity contribution >= 4 is 51.9 Å². The molecule has 0 aliphatic heterocycles. The van der Waals surface area contributed by atoms with Gasteiger partial charge in [-0.2, -0.15) is 0 Å². The predicted octanol–water partition coefficient (Wildman–Crippen LogP) is 3.19. The van der Waals surface area contributed by atoms with Crippen molar-refractivity contribution < 1.29 is 0 Å². The first kappa shape index (κ1) is 21.6. The number of rotatable bonds is 8. The van der Waals surface area contributed by atoms with Crippen molar-refractivity contribution in [3.05, 3.63) is 48.5 Å². The smallest absolute Gasteiger partial charge is 0.170 e. The van der Waals surface area contributed by atoms with Gasteiger partial charge in [0.2, 0.25) is 0 Å². The summed E-state index contributed by atoms with van der Waals surface area (Å²) in [5.74, 6) is 0.104. The number of nitrogens with one attached hydrogen (secondary N) is 1. The second kappa shape index (κ2) is 10.0. The largest absolute Gasteiger partial charge is 0.388 e. The molecule has 148 valence electrons. The molecule has 0 saturated heterocycles. The first-order chi connectivity index (χ1) is 13.3. The molecule has 0 unspecified atom stereocenters. The Morgan fingerprint density at radius 2 is 1.18 bits per heavy atom. The Morgan fingerprint density at radius 1 is 0.786 bits per heavy atom. The summed E-state index contributed by atoms with van der Waals surface area (Å²) in [6.45, 7) is 3.36. The average Bonchev–Trinajstić information content (AvgIpc) is 2.66. The molecule has 0 fully saturated rings. The highest BCUT2D eigenvalue weighted by atomic mass is 32.1. The lowest BCUT2D eigenvalue weighted by Crippen LogP contribution is -2.37. The van der Waals surface area contributed by atoms with Gasteiger partial charge in [-0.1, -0.05) is 31.2 Å². The van der Waals surface area contributed by atoms with Crippen molar-refractivity contribution in [3.63, 3.8) is 0 Å². The average molecular weight is 415 g/mol. The van der Waals surface area contributed by atoms with Gasteiger partial charge in [-0.15, -0.1) is 0 Å². The molecule has 0 saturated carbocycles. The van der Waals surface area contributed by atoms with Gasteiger partial charge in [0.15, 0.2) is 10.2 Å². The third kappa shape index (κ3) is 5.64. The molecule has 6 nitrogen and oxygen atoms in total. The van der Waals surface area contributed by atoms with Gasteiger partial charge in [0, 0.05) is 30.9 Å². The Bertz CT molecular complexity index is 833. The summed E-state index contributed by atoms with van der Waals surface area (Å²) in [4.78, 5) is 3.70. The van der Waals surface area contributed by atoms with Crippen LogP contribution in [0.4, 0.5) is 11.4 Å². The van der Waals surface area contributed by atoms with Crippen molar-refractivity contribution in [2.24, 2.45) is 17.2 Å². The zero-order chi connectivity index (χ0) is 20.7. The van der Waals surface area contributed by atoms with Gasteiger partial charge >= 0.3 is 0 Å². The van der Waals surface area contributed by atoms with Gasteiger partial charge in [0.25, 0.3) is 0 Å². The third-order valence-corrected chi connectivity index (χ3v) is 4.72. The molecular weight excluding hydrogens is 388 g/mol. The maximum absolute atomic E-state index is 7.39. The van der Waals surface area contributed by atoms with Gasteiger partial charge < -0.3 is 27.0 Å². The number of thiocarbonyl (C=S) groups is 2. The number of anilines is 2. The zero-order valence-electron chi connectivity index (χ0n) is 15.9. The van der Waals surface area contributed by atoms with E-state index < -0.39 is 0 Å². The fourth-order valence-corrected chi connectivity index (χ4v) is 3.25. The Kier molecular flexibility index (Phi) is 7.71. The van der Waals surface area contributed by atoms with Gasteiger partial charge in [-0.05, 0) is 66.2 Å². The number of benzene rings is 2. The molecule has 7 N–H and O–H groups in total. The van der Waals surface area contributed by atoms with E-state index in [0.717, 1.165) is 35.5 Å². The minimum absolute atomic E-state index is 0.104. The summed E-state index contributed by atoms with van der Waals surface area (Å²) in [6, 6.07) is 16.1. The Hall–Kier alpha value is -2.71. The summed E-state index contributed by atoms with van der Waals surface area (Å²) < 4.78 is 0. The normalized spacial score (nSPS) is 10.3. The highest BCUT2D eigenvalue weighted by Crippen LogP contribution is 2.26. The summed E-state index contributed by atoms with van der Waals surface area (Å²) in [5, 5.41) is 8.02. The van der Waals surface area contributed by atoms with Crippen LogP contribution >= 0.6 is 24.4 Å². The standard InChI is InChI=1S/C20H26N6S2/c1-2-12-25(19(23)27)16-7-3-14(4-8-16)15-5-9-17(10-6-15)26(20(24)28)13-11-18(21)22/h3-10H,2,11-13H2,1H3,(H3,21,22)(H2,23,27)(H2,24,28). The first-order valence-corrected chi connectivity index (χ1v) is 9.82. The number of hydrogen-bond donors (Lipinski definition) is 4. The van der Waals surface area contributed by atoms with Crippen LogP contribution < -0.4 is 27.0 Å². The first-order valence-electron chi connectivity index (χ1n) is 9.00. The second-order valence-electron chi connectivity index (χ2n) is 6.35. The topological polar surface area (TPSA) is 108 Å². The molecule has 0 aliphatic rings. The van der Waals surface area contributed by atoms with Gasteiger partial charge in [0.1, 0.15) is 0 Å². The maximum atomic E-state index is 7.39. The molecule has 0 spiro atoms. The zero-order valence-corrected chi connectivity index (χ0v) is 17.5. The van der Waals surface area contributed by atoms with Crippen molar-refractivity contribution in [2.75, 3.05) is 22.9 Å². The molecule has 0 radical (unpaired) electrons. The van der Waals surface area contributed by atoms with Crippen molar-refractivity contribution in [1.29, 1.82) is 5.41 Å². The summed E-state index contributed by atoms with van der Waals surface area (Å²) in [7, 11) is 0. The lowest BCUT2D eigenvalue weighted by Gasteiger charge is -2.23. The van der Waals surface area contributed by atoms with E-state index in [9.17, 15) is 0 Å². The van der Waals surface area contributed by atoms with Gasteiger partial charge in [0.05, 0.1) is 5.84 Å². The number of amidine groups is 1. The fraction of sp³-hybridized carbons (Fsp3) is 0.250. The van der Waals surface area contributed by atoms with Crippen molar-refractivity contribution in [1.82, 2.24) is 0 Å².